The Morgan fingerprint density at radius 1 is 1.43 bits per heavy atom. The van der Waals surface area contributed by atoms with Crippen LogP contribution in [0.2, 0.25) is 23.2 Å². The van der Waals surface area contributed by atoms with Gasteiger partial charge in [0.05, 0.1) is 16.8 Å². The van der Waals surface area contributed by atoms with Crippen LogP contribution >= 0.6 is 11.6 Å². The summed E-state index contributed by atoms with van der Waals surface area (Å²) in [5.74, 6) is 0.229. The van der Waals surface area contributed by atoms with E-state index >= 15 is 0 Å². The number of hydrogen-bond donors (Lipinski definition) is 1. The van der Waals surface area contributed by atoms with Crippen LogP contribution in [0.15, 0.2) is 12.3 Å². The van der Waals surface area contributed by atoms with Crippen LogP contribution in [0.25, 0.3) is 0 Å². The molecule has 5 heteroatoms. The first-order valence-corrected chi connectivity index (χ1v) is 10.9. The molecule has 1 aliphatic carbocycles. The zero-order valence-corrected chi connectivity index (χ0v) is 15.4. The maximum Gasteiger partial charge on any atom is 0.192 e. The van der Waals surface area contributed by atoms with Crippen LogP contribution in [-0.4, -0.2) is 25.0 Å². The molecule has 0 spiro atoms. The van der Waals surface area contributed by atoms with E-state index < -0.39 is 8.32 Å². The van der Waals surface area contributed by atoms with Gasteiger partial charge >= 0.3 is 0 Å². The lowest BCUT2D eigenvalue weighted by molar-refractivity contribution is 0.107. The quantitative estimate of drug-likeness (QED) is 0.839. The Balaban J connectivity index is 2.32. The Bertz CT molecular complexity index is 513. The van der Waals surface area contributed by atoms with Crippen LogP contribution in [-0.2, 0) is 10.8 Å². The predicted molar refractivity (Wildman–Crippen MR) is 89.2 cm³/mol. The summed E-state index contributed by atoms with van der Waals surface area (Å²) in [6.07, 6.45) is 3.34. The van der Waals surface area contributed by atoms with Crippen LogP contribution in [0.1, 0.15) is 44.6 Å². The van der Waals surface area contributed by atoms with Crippen LogP contribution < -0.4 is 0 Å². The number of hydrogen-bond acceptors (Lipinski definition) is 3. The molecule has 0 bridgehead atoms. The van der Waals surface area contributed by atoms with Gasteiger partial charge in [-0.1, -0.05) is 32.4 Å². The van der Waals surface area contributed by atoms with E-state index in [1.54, 1.807) is 6.20 Å². The van der Waals surface area contributed by atoms with Crippen molar-refractivity contribution in [2.45, 2.75) is 57.8 Å². The molecule has 0 aliphatic heterocycles. The van der Waals surface area contributed by atoms with Crippen molar-refractivity contribution in [2.75, 3.05) is 6.61 Å². The van der Waals surface area contributed by atoms with Crippen LogP contribution in [0.3, 0.4) is 0 Å². The number of nitrogens with zero attached hydrogens (tertiary/aromatic N) is 1. The SMILES string of the molecule is CC(C)(C)[Si](C)(C)O[C@H]1C[C@H](CO)Cc2cc(Cl)cnc21. The molecule has 0 saturated heterocycles. The van der Waals surface area contributed by atoms with E-state index in [-0.39, 0.29) is 23.7 Å². The molecule has 0 unspecified atom stereocenters. The average molecular weight is 328 g/mol. The highest BCUT2D eigenvalue weighted by Gasteiger charge is 2.41. The highest BCUT2D eigenvalue weighted by atomic mass is 35.5. The van der Waals surface area contributed by atoms with Crippen molar-refractivity contribution in [1.29, 1.82) is 0 Å². The Hall–Kier alpha value is -0.423. The van der Waals surface area contributed by atoms with Crippen molar-refractivity contribution >= 4 is 19.9 Å². The molecule has 0 aromatic carbocycles. The topological polar surface area (TPSA) is 42.4 Å². The molecule has 1 aromatic heterocycles. The molecule has 0 saturated carbocycles. The van der Waals surface area contributed by atoms with E-state index in [0.717, 1.165) is 24.1 Å². The Kier molecular flexibility index (Phi) is 4.83. The molecular weight excluding hydrogens is 302 g/mol. The average Bonchev–Trinajstić information content (AvgIpc) is 2.36. The number of fused-ring (bicyclic) bond motifs is 1. The summed E-state index contributed by atoms with van der Waals surface area (Å²) in [7, 11) is -1.87. The molecule has 2 rings (SSSR count). The van der Waals surface area contributed by atoms with Crippen molar-refractivity contribution in [1.82, 2.24) is 4.98 Å². The third-order valence-corrected chi connectivity index (χ3v) is 9.52. The number of aliphatic hydroxyl groups is 1. The molecule has 1 N–H and O–H groups in total. The Morgan fingerprint density at radius 3 is 2.67 bits per heavy atom. The van der Waals surface area contributed by atoms with Gasteiger partial charge in [0.25, 0.3) is 0 Å². The maximum absolute atomic E-state index is 9.56. The monoisotopic (exact) mass is 327 g/mol. The van der Waals surface area contributed by atoms with Gasteiger partial charge in [0.15, 0.2) is 8.32 Å². The van der Waals surface area contributed by atoms with Gasteiger partial charge in [-0.05, 0) is 48.5 Å². The number of halogens is 1. The summed E-state index contributed by atoms with van der Waals surface area (Å²) in [5.41, 5.74) is 2.13. The van der Waals surface area contributed by atoms with E-state index in [9.17, 15) is 5.11 Å². The lowest BCUT2D eigenvalue weighted by atomic mass is 9.85. The first-order chi connectivity index (χ1) is 9.64. The normalized spacial score (nSPS) is 23.0. The van der Waals surface area contributed by atoms with Gasteiger partial charge in [-0.2, -0.15) is 0 Å². The Labute approximate surface area is 133 Å². The molecular formula is C16H26ClNO2Si. The predicted octanol–water partition coefficient (Wildman–Crippen LogP) is 4.35. The van der Waals surface area contributed by atoms with E-state index in [2.05, 4.69) is 38.8 Å². The fourth-order valence-electron chi connectivity index (χ4n) is 2.53. The van der Waals surface area contributed by atoms with Crippen molar-refractivity contribution in [2.24, 2.45) is 5.92 Å². The Morgan fingerprint density at radius 2 is 2.10 bits per heavy atom. The van der Waals surface area contributed by atoms with Crippen molar-refractivity contribution in [3.63, 3.8) is 0 Å². The second-order valence-electron chi connectivity index (χ2n) is 7.55. The number of aliphatic hydroxyl groups excluding tert-OH is 1. The third kappa shape index (κ3) is 3.67. The van der Waals surface area contributed by atoms with E-state index in [0.29, 0.717) is 5.02 Å². The zero-order chi connectivity index (χ0) is 15.8. The minimum Gasteiger partial charge on any atom is -0.408 e. The lowest BCUT2D eigenvalue weighted by Gasteiger charge is -2.41. The molecule has 0 amide bonds. The second kappa shape index (κ2) is 5.99. The fraction of sp³-hybridized carbons (Fsp3) is 0.688. The van der Waals surface area contributed by atoms with Crippen molar-refractivity contribution in [3.05, 3.63) is 28.5 Å². The van der Waals surface area contributed by atoms with Gasteiger partial charge < -0.3 is 9.53 Å². The highest BCUT2D eigenvalue weighted by Crippen LogP contribution is 2.43. The van der Waals surface area contributed by atoms with Gasteiger partial charge in [-0.15, -0.1) is 0 Å². The molecule has 0 radical (unpaired) electrons. The lowest BCUT2D eigenvalue weighted by Crippen LogP contribution is -2.43. The number of rotatable bonds is 3. The third-order valence-electron chi connectivity index (χ3n) is 4.83. The minimum atomic E-state index is -1.87. The summed E-state index contributed by atoms with van der Waals surface area (Å²) in [4.78, 5) is 4.52. The minimum absolute atomic E-state index is 0.0240. The summed E-state index contributed by atoms with van der Waals surface area (Å²) in [6.45, 7) is 11.4. The largest absolute Gasteiger partial charge is 0.408 e. The van der Waals surface area contributed by atoms with Gasteiger partial charge in [0.2, 0.25) is 0 Å². The zero-order valence-electron chi connectivity index (χ0n) is 13.6. The van der Waals surface area contributed by atoms with Gasteiger partial charge in [0.1, 0.15) is 0 Å². The van der Waals surface area contributed by atoms with Gasteiger partial charge in [-0.3, -0.25) is 4.98 Å². The van der Waals surface area contributed by atoms with Crippen molar-refractivity contribution in [3.8, 4) is 0 Å². The molecule has 2 atom stereocenters. The first kappa shape index (κ1) is 16.9. The number of pyridine rings is 1. The molecule has 3 nitrogen and oxygen atoms in total. The highest BCUT2D eigenvalue weighted by molar-refractivity contribution is 6.74. The summed E-state index contributed by atoms with van der Waals surface area (Å²) in [6, 6.07) is 1.97. The van der Waals surface area contributed by atoms with Crippen molar-refractivity contribution < 1.29 is 9.53 Å². The second-order valence-corrected chi connectivity index (χ2v) is 12.7. The summed E-state index contributed by atoms with van der Waals surface area (Å²) >= 11 is 6.06. The molecule has 1 aromatic rings. The van der Waals surface area contributed by atoms with E-state index in [1.807, 2.05) is 6.07 Å². The van der Waals surface area contributed by atoms with E-state index in [4.69, 9.17) is 16.0 Å². The van der Waals surface area contributed by atoms with Gasteiger partial charge in [0, 0.05) is 12.8 Å². The molecule has 21 heavy (non-hydrogen) atoms. The molecule has 1 heterocycles. The fourth-order valence-corrected chi connectivity index (χ4v) is 3.98. The maximum atomic E-state index is 9.56. The van der Waals surface area contributed by atoms with Crippen LogP contribution in [0.5, 0.6) is 0 Å². The van der Waals surface area contributed by atoms with E-state index in [1.165, 1.54) is 0 Å². The molecule has 118 valence electrons. The number of aromatic nitrogens is 1. The summed E-state index contributed by atoms with van der Waals surface area (Å²) in [5, 5.41) is 10.4. The summed E-state index contributed by atoms with van der Waals surface area (Å²) < 4.78 is 6.56. The van der Waals surface area contributed by atoms with Crippen LogP contribution in [0.4, 0.5) is 0 Å². The smallest absolute Gasteiger partial charge is 0.192 e. The van der Waals surface area contributed by atoms with Gasteiger partial charge in [-0.25, -0.2) is 0 Å². The van der Waals surface area contributed by atoms with Crippen LogP contribution in [0, 0.1) is 5.92 Å². The molecule has 1 aliphatic rings. The first-order valence-electron chi connectivity index (χ1n) is 7.57. The standard InChI is InChI=1S/C16H26ClNO2Si/c1-16(2,3)21(4,5)20-14-7-11(10-19)6-12-8-13(17)9-18-15(12)14/h8-9,11,14,19H,6-7,10H2,1-5H3/t11-,14+/m1/s1. The molecule has 0 fully saturated rings.